The highest BCUT2D eigenvalue weighted by Gasteiger charge is 2.52. The van der Waals surface area contributed by atoms with Gasteiger partial charge in [-0.3, -0.25) is 0 Å². The molecule has 1 fully saturated rings. The normalized spacial score (nSPS) is 20.1. The van der Waals surface area contributed by atoms with E-state index in [9.17, 15) is 0 Å². The van der Waals surface area contributed by atoms with E-state index >= 15 is 0 Å². The molecule has 4 nitrogen and oxygen atoms in total. The van der Waals surface area contributed by atoms with Crippen LogP contribution >= 0.6 is 0 Å². The Morgan fingerprint density at radius 1 is 0.952 bits per heavy atom. The third-order valence-corrected chi connectivity index (χ3v) is 4.65. The first-order valence-electron chi connectivity index (χ1n) is 7.15. The van der Waals surface area contributed by atoms with Crippen LogP contribution in [-0.4, -0.2) is 18.3 Å². The highest BCUT2D eigenvalue weighted by molar-refractivity contribution is 6.66. The molecule has 1 saturated heterocycles. The minimum atomic E-state index is -0.542. The molecule has 0 amide bonds. The van der Waals surface area contributed by atoms with Crippen LogP contribution in [0.25, 0.3) is 10.8 Å². The van der Waals surface area contributed by atoms with Crippen molar-refractivity contribution in [1.82, 2.24) is 0 Å². The molecule has 1 aliphatic heterocycles. The molecule has 0 spiro atoms. The Balaban J connectivity index is 2.14. The zero-order chi connectivity index (χ0) is 15.4. The van der Waals surface area contributed by atoms with Crippen LogP contribution in [-0.2, 0) is 9.31 Å². The van der Waals surface area contributed by atoms with Gasteiger partial charge in [0.15, 0.2) is 0 Å². The molecule has 110 valence electrons. The van der Waals surface area contributed by atoms with Crippen molar-refractivity contribution in [3.05, 3.63) is 30.3 Å². The van der Waals surface area contributed by atoms with Gasteiger partial charge in [-0.05, 0) is 39.1 Å². The second kappa shape index (κ2) is 4.39. The number of hydrogen-bond donors (Lipinski definition) is 2. The Kier molecular flexibility index (Phi) is 2.97. The van der Waals surface area contributed by atoms with E-state index in [0.29, 0.717) is 11.4 Å². The first-order valence-corrected chi connectivity index (χ1v) is 7.15. The molecule has 2 aromatic carbocycles. The van der Waals surface area contributed by atoms with Crippen LogP contribution in [0.4, 0.5) is 11.4 Å². The number of hydrogen-bond acceptors (Lipinski definition) is 4. The van der Waals surface area contributed by atoms with Gasteiger partial charge in [0.1, 0.15) is 0 Å². The van der Waals surface area contributed by atoms with Crippen molar-refractivity contribution in [2.45, 2.75) is 38.9 Å². The molecule has 5 heteroatoms. The highest BCUT2D eigenvalue weighted by atomic mass is 16.7. The van der Waals surface area contributed by atoms with Crippen molar-refractivity contribution in [3.8, 4) is 0 Å². The minimum absolute atomic E-state index is 0.414. The lowest BCUT2D eigenvalue weighted by molar-refractivity contribution is 0.00578. The third kappa shape index (κ3) is 2.08. The smallest absolute Gasteiger partial charge is 0.399 e. The summed E-state index contributed by atoms with van der Waals surface area (Å²) in [5.74, 6) is 0. The van der Waals surface area contributed by atoms with Crippen LogP contribution in [0.5, 0.6) is 0 Å². The monoisotopic (exact) mass is 284 g/mol. The van der Waals surface area contributed by atoms with E-state index in [1.54, 1.807) is 0 Å². The zero-order valence-corrected chi connectivity index (χ0v) is 12.9. The number of rotatable bonds is 1. The molecule has 0 unspecified atom stereocenters. The summed E-state index contributed by atoms with van der Waals surface area (Å²) in [5, 5.41) is 1.99. The van der Waals surface area contributed by atoms with Crippen molar-refractivity contribution < 1.29 is 9.31 Å². The maximum Gasteiger partial charge on any atom is 0.499 e. The molecule has 0 radical (unpaired) electrons. The lowest BCUT2D eigenvalue weighted by atomic mass is 9.75. The molecule has 0 bridgehead atoms. The summed E-state index contributed by atoms with van der Waals surface area (Å²) in [5.41, 5.74) is 13.7. The van der Waals surface area contributed by atoms with Gasteiger partial charge in [0, 0.05) is 22.2 Å². The van der Waals surface area contributed by atoms with E-state index in [-0.39, 0.29) is 0 Å². The molecule has 0 aliphatic carbocycles. The molecule has 0 atom stereocenters. The number of benzene rings is 2. The van der Waals surface area contributed by atoms with Gasteiger partial charge in [-0.25, -0.2) is 0 Å². The molecule has 4 N–H and O–H groups in total. The van der Waals surface area contributed by atoms with E-state index in [0.717, 1.165) is 16.2 Å². The van der Waals surface area contributed by atoms with Crippen molar-refractivity contribution in [2.75, 3.05) is 11.5 Å². The van der Waals surface area contributed by atoms with Crippen molar-refractivity contribution in [3.63, 3.8) is 0 Å². The van der Waals surface area contributed by atoms with Crippen LogP contribution in [0.15, 0.2) is 30.3 Å². The first kappa shape index (κ1) is 14.2. The molecule has 1 heterocycles. The van der Waals surface area contributed by atoms with E-state index in [1.165, 1.54) is 0 Å². The molecule has 0 saturated carbocycles. The van der Waals surface area contributed by atoms with Gasteiger partial charge < -0.3 is 20.8 Å². The van der Waals surface area contributed by atoms with Crippen molar-refractivity contribution in [2.24, 2.45) is 0 Å². The molecule has 0 aromatic heterocycles. The second-order valence-corrected chi connectivity index (χ2v) is 6.60. The number of nitrogens with two attached hydrogens (primary N) is 2. The molecule has 2 aromatic rings. The first-order chi connectivity index (χ1) is 9.73. The summed E-state index contributed by atoms with van der Waals surface area (Å²) >= 11 is 0. The summed E-state index contributed by atoms with van der Waals surface area (Å²) in [7, 11) is -0.542. The van der Waals surface area contributed by atoms with Gasteiger partial charge in [-0.15, -0.1) is 0 Å². The van der Waals surface area contributed by atoms with Crippen molar-refractivity contribution >= 4 is 34.7 Å². The Labute approximate surface area is 125 Å². The van der Waals surface area contributed by atoms with Crippen LogP contribution in [0.1, 0.15) is 27.7 Å². The van der Waals surface area contributed by atoms with Gasteiger partial charge in [0.25, 0.3) is 0 Å². The summed E-state index contributed by atoms with van der Waals surface area (Å²) in [6, 6.07) is 9.83. The van der Waals surface area contributed by atoms with Gasteiger partial charge in [0.2, 0.25) is 0 Å². The lowest BCUT2D eigenvalue weighted by Crippen LogP contribution is -2.41. The van der Waals surface area contributed by atoms with E-state index in [4.69, 9.17) is 20.8 Å². The Hall–Kier alpha value is -1.72. The highest BCUT2D eigenvalue weighted by Crippen LogP contribution is 2.38. The van der Waals surface area contributed by atoms with Crippen LogP contribution < -0.4 is 16.9 Å². The Bertz CT molecular complexity index is 697. The minimum Gasteiger partial charge on any atom is -0.399 e. The van der Waals surface area contributed by atoms with E-state index < -0.39 is 18.3 Å². The number of anilines is 2. The van der Waals surface area contributed by atoms with E-state index in [2.05, 4.69) is 0 Å². The maximum absolute atomic E-state index is 6.34. The summed E-state index contributed by atoms with van der Waals surface area (Å²) in [4.78, 5) is 0. The summed E-state index contributed by atoms with van der Waals surface area (Å²) in [6.07, 6.45) is 0. The topological polar surface area (TPSA) is 70.5 Å². The predicted molar refractivity (Wildman–Crippen MR) is 88.5 cm³/mol. The average Bonchev–Trinajstić information content (AvgIpc) is 2.58. The molecule has 21 heavy (non-hydrogen) atoms. The maximum atomic E-state index is 6.34. The fourth-order valence-electron chi connectivity index (χ4n) is 2.64. The average molecular weight is 284 g/mol. The van der Waals surface area contributed by atoms with Gasteiger partial charge >= 0.3 is 7.12 Å². The van der Waals surface area contributed by atoms with Crippen LogP contribution in [0.3, 0.4) is 0 Å². The van der Waals surface area contributed by atoms with Crippen molar-refractivity contribution in [1.29, 1.82) is 0 Å². The summed E-state index contributed by atoms with van der Waals surface area (Å²) in [6.45, 7) is 8.06. The van der Waals surface area contributed by atoms with Crippen LogP contribution in [0, 0.1) is 0 Å². The molecule has 3 rings (SSSR count). The van der Waals surface area contributed by atoms with Crippen LogP contribution in [0.2, 0.25) is 0 Å². The fourth-order valence-corrected chi connectivity index (χ4v) is 2.64. The lowest BCUT2D eigenvalue weighted by Gasteiger charge is -2.32. The summed E-state index contributed by atoms with van der Waals surface area (Å²) < 4.78 is 12.2. The largest absolute Gasteiger partial charge is 0.499 e. The quantitative estimate of drug-likeness (QED) is 0.622. The van der Waals surface area contributed by atoms with E-state index in [1.807, 2.05) is 58.0 Å². The SMILES string of the molecule is CC1(C)OB(c2c(N)cc3ccccc3c2N)OC1(C)C. The molecular weight excluding hydrogens is 263 g/mol. The Morgan fingerprint density at radius 2 is 1.52 bits per heavy atom. The standard InChI is InChI=1S/C16H21BN2O2/c1-15(2)16(3,4)21-17(20-15)13-12(18)9-10-7-5-6-8-11(10)14(13)19/h5-9H,18-19H2,1-4H3. The fraction of sp³-hybridized carbons (Fsp3) is 0.375. The van der Waals surface area contributed by atoms with Gasteiger partial charge in [-0.2, -0.15) is 0 Å². The van der Waals surface area contributed by atoms with Gasteiger partial charge in [-0.1, -0.05) is 24.3 Å². The number of nitrogen functional groups attached to an aromatic ring is 2. The third-order valence-electron chi connectivity index (χ3n) is 4.65. The Morgan fingerprint density at radius 3 is 2.14 bits per heavy atom. The predicted octanol–water partition coefficient (Wildman–Crippen LogP) is 2.30. The zero-order valence-electron chi connectivity index (χ0n) is 12.9. The molecule has 1 aliphatic rings. The molecular formula is C16H21BN2O2. The van der Waals surface area contributed by atoms with Gasteiger partial charge in [0.05, 0.1) is 11.2 Å². The second-order valence-electron chi connectivity index (χ2n) is 6.60. The number of fused-ring (bicyclic) bond motifs is 1.